The number of benzene rings is 2. The van der Waals surface area contributed by atoms with Gasteiger partial charge in [-0.3, -0.25) is 4.57 Å². The molecule has 1 aromatic heterocycles. The van der Waals surface area contributed by atoms with E-state index in [1.807, 2.05) is 26.0 Å². The Morgan fingerprint density at radius 2 is 1.84 bits per heavy atom. The predicted octanol–water partition coefficient (Wildman–Crippen LogP) is 3.33. The van der Waals surface area contributed by atoms with Crippen LogP contribution in [0.5, 0.6) is 5.75 Å². The first-order chi connectivity index (χ1) is 11.7. The second-order valence-corrected chi connectivity index (χ2v) is 7.82. The van der Waals surface area contributed by atoms with Crippen molar-refractivity contribution in [1.82, 2.24) is 4.57 Å². The molecule has 0 saturated carbocycles. The Hall–Kier alpha value is -2.54. The van der Waals surface area contributed by atoms with Gasteiger partial charge in [-0.15, -0.1) is 0 Å². The lowest BCUT2D eigenvalue weighted by Crippen LogP contribution is -2.11. The van der Waals surface area contributed by atoms with Gasteiger partial charge in [-0.2, -0.15) is 8.42 Å². The van der Waals surface area contributed by atoms with Crippen molar-refractivity contribution in [1.29, 1.82) is 0 Å². The third-order valence-electron chi connectivity index (χ3n) is 4.13. The molecule has 7 heteroatoms. The van der Waals surface area contributed by atoms with Gasteiger partial charge in [0.15, 0.2) is 5.58 Å². The Bertz CT molecular complexity index is 1110. The van der Waals surface area contributed by atoms with Crippen LogP contribution in [0.4, 0.5) is 0 Å². The van der Waals surface area contributed by atoms with Crippen molar-refractivity contribution < 1.29 is 17.0 Å². The lowest BCUT2D eigenvalue weighted by molar-refractivity contribution is 0.483. The molecule has 0 N–H and O–H groups in total. The smallest absolute Gasteiger partial charge is 0.408 e. The highest BCUT2D eigenvalue weighted by atomic mass is 32.2. The van der Waals surface area contributed by atoms with E-state index in [4.69, 9.17) is 8.60 Å². The summed E-state index contributed by atoms with van der Waals surface area (Å²) in [6.07, 6.45) is 0. The highest BCUT2D eigenvalue weighted by Crippen LogP contribution is 2.28. The van der Waals surface area contributed by atoms with Crippen LogP contribution in [0.3, 0.4) is 0 Å². The molecular weight excluding hydrogens is 342 g/mol. The van der Waals surface area contributed by atoms with Gasteiger partial charge >= 0.3 is 15.9 Å². The Labute approximate surface area is 145 Å². The molecule has 0 saturated heterocycles. The fraction of sp³-hybridized carbons (Fsp3) is 0.278. The molecule has 0 aliphatic carbocycles. The summed E-state index contributed by atoms with van der Waals surface area (Å²) in [6, 6.07) is 9.73. The van der Waals surface area contributed by atoms with Gasteiger partial charge in [-0.1, -0.05) is 26.0 Å². The summed E-state index contributed by atoms with van der Waals surface area (Å²) in [5, 5.41) is 0. The van der Waals surface area contributed by atoms with Crippen molar-refractivity contribution in [3.8, 4) is 5.75 Å². The van der Waals surface area contributed by atoms with Gasteiger partial charge in [0.1, 0.15) is 10.6 Å². The number of aryl methyl sites for hydroxylation is 2. The first kappa shape index (κ1) is 17.3. The van der Waals surface area contributed by atoms with Crippen LogP contribution in [0.2, 0.25) is 0 Å². The molecule has 0 radical (unpaired) electrons. The van der Waals surface area contributed by atoms with Gasteiger partial charge < -0.3 is 8.60 Å². The number of fused-ring (bicyclic) bond motifs is 1. The number of hydrogen-bond acceptors (Lipinski definition) is 5. The first-order valence-electron chi connectivity index (χ1n) is 7.83. The molecule has 0 aliphatic heterocycles. The van der Waals surface area contributed by atoms with E-state index >= 15 is 0 Å². The highest BCUT2D eigenvalue weighted by Gasteiger charge is 2.20. The molecular formula is C18H19NO5S. The second kappa shape index (κ2) is 6.07. The molecule has 0 spiro atoms. The van der Waals surface area contributed by atoms with Gasteiger partial charge in [-0.25, -0.2) is 4.79 Å². The van der Waals surface area contributed by atoms with Crippen LogP contribution in [0, 0.1) is 6.92 Å². The third-order valence-corrected chi connectivity index (χ3v) is 5.36. The van der Waals surface area contributed by atoms with Crippen molar-refractivity contribution in [3.63, 3.8) is 0 Å². The predicted molar refractivity (Wildman–Crippen MR) is 94.5 cm³/mol. The summed E-state index contributed by atoms with van der Waals surface area (Å²) in [5.41, 5.74) is 2.42. The van der Waals surface area contributed by atoms with Crippen LogP contribution in [0.15, 0.2) is 50.5 Å². The summed E-state index contributed by atoms with van der Waals surface area (Å²) in [6.45, 7) is 5.83. The molecule has 0 amide bonds. The molecule has 1 heterocycles. The number of aromatic nitrogens is 1. The molecule has 0 bridgehead atoms. The molecule has 0 fully saturated rings. The number of nitrogens with zero attached hydrogens (tertiary/aromatic N) is 1. The largest absolute Gasteiger partial charge is 0.419 e. The quantitative estimate of drug-likeness (QED) is 0.666. The van der Waals surface area contributed by atoms with E-state index in [1.54, 1.807) is 20.0 Å². The molecule has 3 rings (SSSR count). The van der Waals surface area contributed by atoms with Crippen molar-refractivity contribution in [2.45, 2.75) is 31.6 Å². The maximum Gasteiger partial charge on any atom is 0.419 e. The summed E-state index contributed by atoms with van der Waals surface area (Å²) < 4.78 is 36.9. The number of rotatable bonds is 4. The van der Waals surface area contributed by atoms with Crippen LogP contribution in [-0.4, -0.2) is 13.0 Å². The lowest BCUT2D eigenvalue weighted by Gasteiger charge is -2.12. The van der Waals surface area contributed by atoms with Crippen LogP contribution in [-0.2, 0) is 17.2 Å². The zero-order valence-corrected chi connectivity index (χ0v) is 15.3. The fourth-order valence-corrected chi connectivity index (χ4v) is 3.50. The third kappa shape index (κ3) is 3.19. The van der Waals surface area contributed by atoms with Crippen LogP contribution in [0.25, 0.3) is 11.1 Å². The zero-order valence-electron chi connectivity index (χ0n) is 14.4. The summed E-state index contributed by atoms with van der Waals surface area (Å²) in [4.78, 5) is 11.5. The van der Waals surface area contributed by atoms with Crippen LogP contribution >= 0.6 is 0 Å². The van der Waals surface area contributed by atoms with Gasteiger partial charge in [0.25, 0.3) is 0 Å². The maximum atomic E-state index is 12.6. The zero-order chi connectivity index (χ0) is 18.4. The average molecular weight is 361 g/mol. The van der Waals surface area contributed by atoms with Crippen LogP contribution in [0.1, 0.15) is 30.9 Å². The van der Waals surface area contributed by atoms with Gasteiger partial charge in [0.05, 0.1) is 5.52 Å². The average Bonchev–Trinajstić information content (AvgIpc) is 2.83. The van der Waals surface area contributed by atoms with E-state index in [1.165, 1.54) is 22.8 Å². The molecule has 132 valence electrons. The van der Waals surface area contributed by atoms with Crippen molar-refractivity contribution in [2.75, 3.05) is 0 Å². The van der Waals surface area contributed by atoms with E-state index in [2.05, 4.69) is 0 Å². The molecule has 0 unspecified atom stereocenters. The van der Waals surface area contributed by atoms with E-state index in [0.717, 1.165) is 11.1 Å². The highest BCUT2D eigenvalue weighted by molar-refractivity contribution is 7.87. The standard InChI is InChI=1S/C18H19NO5S/c1-11(2)13-6-5-12(3)16(9-13)24-25(21,22)14-7-8-15-17(10-14)23-18(20)19(15)4/h5-11H,1-4H3. The summed E-state index contributed by atoms with van der Waals surface area (Å²) >= 11 is 0. The molecule has 0 atom stereocenters. The van der Waals surface area contributed by atoms with Gasteiger partial charge in [-0.05, 0) is 42.2 Å². The SMILES string of the molecule is Cc1ccc(C(C)C)cc1OS(=O)(=O)c1ccc2c(c1)oc(=O)n2C. The minimum atomic E-state index is -4.04. The van der Waals surface area contributed by atoms with Crippen LogP contribution < -0.4 is 9.94 Å². The normalized spacial score (nSPS) is 12.0. The Morgan fingerprint density at radius 1 is 1.12 bits per heavy atom. The first-order valence-corrected chi connectivity index (χ1v) is 9.24. The molecule has 2 aromatic carbocycles. The fourth-order valence-electron chi connectivity index (χ4n) is 2.50. The molecule has 25 heavy (non-hydrogen) atoms. The monoisotopic (exact) mass is 361 g/mol. The minimum absolute atomic E-state index is 0.0660. The van der Waals surface area contributed by atoms with Crippen molar-refractivity contribution >= 4 is 21.2 Å². The molecule has 0 aliphatic rings. The van der Waals surface area contributed by atoms with E-state index < -0.39 is 15.9 Å². The Balaban J connectivity index is 2.02. The molecule has 6 nitrogen and oxygen atoms in total. The lowest BCUT2D eigenvalue weighted by atomic mass is 10.0. The number of oxazole rings is 1. The van der Waals surface area contributed by atoms with E-state index in [0.29, 0.717) is 11.3 Å². The van der Waals surface area contributed by atoms with Gasteiger partial charge in [0.2, 0.25) is 0 Å². The topological polar surface area (TPSA) is 78.5 Å². The molecule has 3 aromatic rings. The summed E-state index contributed by atoms with van der Waals surface area (Å²) in [7, 11) is -2.49. The van der Waals surface area contributed by atoms with Crippen molar-refractivity contribution in [3.05, 3.63) is 58.1 Å². The summed E-state index contributed by atoms with van der Waals surface area (Å²) in [5.74, 6) is -0.00708. The second-order valence-electron chi connectivity index (χ2n) is 6.27. The number of hydrogen-bond donors (Lipinski definition) is 0. The maximum absolute atomic E-state index is 12.6. The minimum Gasteiger partial charge on any atom is -0.408 e. The van der Waals surface area contributed by atoms with E-state index in [-0.39, 0.29) is 16.4 Å². The Morgan fingerprint density at radius 3 is 2.52 bits per heavy atom. The van der Waals surface area contributed by atoms with Gasteiger partial charge in [0, 0.05) is 13.1 Å². The van der Waals surface area contributed by atoms with E-state index in [9.17, 15) is 13.2 Å². The Kier molecular flexibility index (Phi) is 4.20. The van der Waals surface area contributed by atoms with Crippen molar-refractivity contribution in [2.24, 2.45) is 7.05 Å².